The van der Waals surface area contributed by atoms with Crippen molar-refractivity contribution in [1.29, 1.82) is 0 Å². The summed E-state index contributed by atoms with van der Waals surface area (Å²) in [6.07, 6.45) is 0. The van der Waals surface area contributed by atoms with E-state index in [-0.39, 0.29) is 5.41 Å². The Morgan fingerprint density at radius 3 is 1.95 bits per heavy atom. The SMILES string of the molecule is CC1(C)c2ccccc2-c2ccc(N(c3cccc(-n4c5ccccc5c5c6c(-c7ccc8ccccc8c7)cccc6ccc54)c3)c3ccccc3-c3ccccc3)cc21. The number of para-hydroxylation sites is 2. The fourth-order valence-electron chi connectivity index (χ4n) is 10.3. The average molecular weight is 779 g/mol. The van der Waals surface area contributed by atoms with Gasteiger partial charge in [-0.15, -0.1) is 0 Å². The highest BCUT2D eigenvalue weighted by Crippen LogP contribution is 2.51. The van der Waals surface area contributed by atoms with Crippen LogP contribution in [0, 0.1) is 0 Å². The summed E-state index contributed by atoms with van der Waals surface area (Å²) in [6, 6.07) is 80.5. The van der Waals surface area contributed by atoms with Crippen molar-refractivity contribution in [2.45, 2.75) is 19.3 Å². The minimum atomic E-state index is -0.133. The summed E-state index contributed by atoms with van der Waals surface area (Å²) >= 11 is 0. The lowest BCUT2D eigenvalue weighted by atomic mass is 9.82. The molecule has 0 atom stereocenters. The highest BCUT2D eigenvalue weighted by atomic mass is 15.1. The molecule has 0 saturated carbocycles. The largest absolute Gasteiger partial charge is 0.310 e. The van der Waals surface area contributed by atoms with E-state index in [9.17, 15) is 0 Å². The molecule has 1 aromatic heterocycles. The van der Waals surface area contributed by atoms with Crippen LogP contribution in [-0.4, -0.2) is 4.57 Å². The van der Waals surface area contributed by atoms with Gasteiger partial charge in [-0.25, -0.2) is 0 Å². The maximum atomic E-state index is 2.47. The Hall–Kier alpha value is -7.68. The fourth-order valence-corrected chi connectivity index (χ4v) is 10.3. The number of hydrogen-bond donors (Lipinski definition) is 0. The molecule has 1 heterocycles. The summed E-state index contributed by atoms with van der Waals surface area (Å²) in [5.41, 5.74) is 16.9. The highest BCUT2D eigenvalue weighted by molar-refractivity contribution is 6.25. The summed E-state index contributed by atoms with van der Waals surface area (Å²) in [5.74, 6) is 0. The number of fused-ring (bicyclic) bond motifs is 9. The topological polar surface area (TPSA) is 8.17 Å². The second-order valence-corrected chi connectivity index (χ2v) is 16.9. The Morgan fingerprint density at radius 1 is 0.377 bits per heavy atom. The maximum Gasteiger partial charge on any atom is 0.0547 e. The molecule has 2 heteroatoms. The van der Waals surface area contributed by atoms with Crippen molar-refractivity contribution in [3.63, 3.8) is 0 Å². The number of nitrogens with zero attached hydrogens (tertiary/aromatic N) is 2. The Morgan fingerprint density at radius 2 is 1.05 bits per heavy atom. The predicted molar refractivity (Wildman–Crippen MR) is 259 cm³/mol. The van der Waals surface area contributed by atoms with Crippen LogP contribution in [0.4, 0.5) is 17.1 Å². The molecule has 0 N–H and O–H groups in total. The van der Waals surface area contributed by atoms with Crippen LogP contribution in [0.1, 0.15) is 25.0 Å². The molecule has 61 heavy (non-hydrogen) atoms. The molecule has 0 bridgehead atoms. The minimum Gasteiger partial charge on any atom is -0.310 e. The predicted octanol–water partition coefficient (Wildman–Crippen LogP) is 16.2. The first-order chi connectivity index (χ1) is 30.0. The van der Waals surface area contributed by atoms with Crippen LogP contribution in [-0.2, 0) is 5.41 Å². The second kappa shape index (κ2) is 13.7. The van der Waals surface area contributed by atoms with Crippen molar-refractivity contribution < 1.29 is 0 Å². The summed E-state index contributed by atoms with van der Waals surface area (Å²) < 4.78 is 2.47. The first-order valence-corrected chi connectivity index (χ1v) is 21.3. The quantitative estimate of drug-likeness (QED) is 0.163. The van der Waals surface area contributed by atoms with E-state index in [1.807, 2.05) is 0 Å². The van der Waals surface area contributed by atoms with Gasteiger partial charge in [0.25, 0.3) is 0 Å². The van der Waals surface area contributed by atoms with Crippen LogP contribution in [0.15, 0.2) is 218 Å². The molecule has 0 radical (unpaired) electrons. The molecule has 0 aliphatic heterocycles. The van der Waals surface area contributed by atoms with Gasteiger partial charge in [0.1, 0.15) is 0 Å². The molecule has 1 aliphatic carbocycles. The van der Waals surface area contributed by atoms with Crippen LogP contribution < -0.4 is 4.90 Å². The van der Waals surface area contributed by atoms with Gasteiger partial charge >= 0.3 is 0 Å². The Bertz CT molecular complexity index is 3520. The van der Waals surface area contributed by atoms with E-state index in [0.29, 0.717) is 0 Å². The van der Waals surface area contributed by atoms with Crippen molar-refractivity contribution in [3.8, 4) is 39.1 Å². The highest BCUT2D eigenvalue weighted by Gasteiger charge is 2.36. The van der Waals surface area contributed by atoms with Gasteiger partial charge in [0.15, 0.2) is 0 Å². The Labute approximate surface area is 356 Å². The summed E-state index contributed by atoms with van der Waals surface area (Å²) in [5, 5.41) is 7.53. The second-order valence-electron chi connectivity index (χ2n) is 16.9. The number of rotatable bonds is 6. The normalized spacial score (nSPS) is 12.9. The van der Waals surface area contributed by atoms with Gasteiger partial charge in [-0.2, -0.15) is 0 Å². The van der Waals surface area contributed by atoms with Gasteiger partial charge in [0.05, 0.1) is 16.7 Å². The fraction of sp³-hybridized carbons (Fsp3) is 0.0508. The molecule has 12 rings (SSSR count). The van der Waals surface area contributed by atoms with E-state index in [1.54, 1.807) is 0 Å². The monoisotopic (exact) mass is 778 g/mol. The Kier molecular flexibility index (Phi) is 7.92. The first kappa shape index (κ1) is 35.3. The van der Waals surface area contributed by atoms with E-state index >= 15 is 0 Å². The molecule has 11 aromatic rings. The zero-order valence-corrected chi connectivity index (χ0v) is 34.2. The minimum absolute atomic E-state index is 0.133. The van der Waals surface area contributed by atoms with Crippen molar-refractivity contribution in [2.24, 2.45) is 0 Å². The lowest BCUT2D eigenvalue weighted by Gasteiger charge is -2.30. The van der Waals surface area contributed by atoms with Crippen LogP contribution >= 0.6 is 0 Å². The van der Waals surface area contributed by atoms with Gasteiger partial charge in [-0.05, 0) is 115 Å². The van der Waals surface area contributed by atoms with Crippen LogP contribution in [0.3, 0.4) is 0 Å². The molecular weight excluding hydrogens is 737 g/mol. The molecule has 288 valence electrons. The number of hydrogen-bond acceptors (Lipinski definition) is 1. The number of aromatic nitrogens is 1. The van der Waals surface area contributed by atoms with E-state index in [4.69, 9.17) is 0 Å². The molecule has 0 fully saturated rings. The molecule has 2 nitrogen and oxygen atoms in total. The number of benzene rings is 10. The standard InChI is InChI=1S/C59H42N2/c1-59(2)52-27-11-8-24-49(52)50-34-33-46(38-53(50)59)60(54-28-12-9-23-47(54)40-17-4-3-5-18-40)44-21-15-22-45(37-44)61-55-29-13-10-25-51(55)58-56(61)35-32-41-20-14-26-48(57(41)58)43-31-30-39-16-6-7-19-42(39)36-43/h3-38H,1-2H3. The van der Waals surface area contributed by atoms with Crippen LogP contribution in [0.25, 0.3) is 82.4 Å². The lowest BCUT2D eigenvalue weighted by Crippen LogP contribution is -2.17. The molecule has 1 aliphatic rings. The van der Waals surface area contributed by atoms with E-state index in [2.05, 4.69) is 242 Å². The van der Waals surface area contributed by atoms with Crippen molar-refractivity contribution in [2.75, 3.05) is 4.90 Å². The number of anilines is 3. The third kappa shape index (κ3) is 5.49. The average Bonchev–Trinajstić information content (AvgIpc) is 3.77. The van der Waals surface area contributed by atoms with Crippen molar-refractivity contribution in [1.82, 2.24) is 4.57 Å². The summed E-state index contributed by atoms with van der Waals surface area (Å²) in [6.45, 7) is 4.73. The Balaban J connectivity index is 1.09. The lowest BCUT2D eigenvalue weighted by molar-refractivity contribution is 0.660. The smallest absolute Gasteiger partial charge is 0.0547 e. The van der Waals surface area contributed by atoms with Gasteiger partial charge in [0.2, 0.25) is 0 Å². The third-order valence-corrected chi connectivity index (χ3v) is 13.1. The van der Waals surface area contributed by atoms with Gasteiger partial charge in [-0.3, -0.25) is 0 Å². The van der Waals surface area contributed by atoms with E-state index in [0.717, 1.165) is 22.7 Å². The van der Waals surface area contributed by atoms with E-state index < -0.39 is 0 Å². The zero-order chi connectivity index (χ0) is 40.7. The first-order valence-electron chi connectivity index (χ1n) is 21.3. The summed E-state index contributed by atoms with van der Waals surface area (Å²) in [4.78, 5) is 2.46. The molecule has 10 aromatic carbocycles. The van der Waals surface area contributed by atoms with Gasteiger partial charge < -0.3 is 9.47 Å². The molecule has 0 saturated heterocycles. The molecule has 0 spiro atoms. The zero-order valence-electron chi connectivity index (χ0n) is 34.2. The van der Waals surface area contributed by atoms with Crippen LogP contribution in [0.5, 0.6) is 0 Å². The summed E-state index contributed by atoms with van der Waals surface area (Å²) in [7, 11) is 0. The molecular formula is C59H42N2. The maximum absolute atomic E-state index is 2.47. The van der Waals surface area contributed by atoms with Gasteiger partial charge in [0, 0.05) is 38.8 Å². The van der Waals surface area contributed by atoms with Crippen molar-refractivity contribution in [3.05, 3.63) is 230 Å². The van der Waals surface area contributed by atoms with E-state index in [1.165, 1.54) is 87.9 Å². The van der Waals surface area contributed by atoms with Gasteiger partial charge in [-0.1, -0.05) is 178 Å². The van der Waals surface area contributed by atoms with Crippen LogP contribution in [0.2, 0.25) is 0 Å². The molecule has 0 unspecified atom stereocenters. The third-order valence-electron chi connectivity index (χ3n) is 13.1. The van der Waals surface area contributed by atoms with Crippen molar-refractivity contribution >= 4 is 60.4 Å². The molecule has 0 amide bonds.